The third-order valence-corrected chi connectivity index (χ3v) is 8.83. The molecule has 2 aliphatic heterocycles. The molecule has 0 saturated carbocycles. The van der Waals surface area contributed by atoms with Gasteiger partial charge in [0.1, 0.15) is 0 Å². The van der Waals surface area contributed by atoms with E-state index in [0.29, 0.717) is 42.4 Å². The SMILES string of the molecule is O=C(Nc1cccc(C2CC(c3c(Cl)cccc3N3CC[C@@H](NS(=O)(=O)c4ccccc4)C3)=NO2)c1)C(Cl)Cl. The number of hydrogen-bond acceptors (Lipinski definition) is 6. The van der Waals surface area contributed by atoms with E-state index < -0.39 is 20.8 Å². The Hall–Kier alpha value is -2.82. The van der Waals surface area contributed by atoms with Gasteiger partial charge >= 0.3 is 0 Å². The van der Waals surface area contributed by atoms with Crippen LogP contribution in [0.1, 0.15) is 30.1 Å². The largest absolute Gasteiger partial charge is 0.387 e. The van der Waals surface area contributed by atoms with Gasteiger partial charge in [-0.1, -0.05) is 76.4 Å². The van der Waals surface area contributed by atoms with Crippen molar-refractivity contribution in [2.24, 2.45) is 5.16 Å². The number of amides is 1. The number of alkyl halides is 2. The maximum Gasteiger partial charge on any atom is 0.257 e. The fourth-order valence-corrected chi connectivity index (χ4v) is 6.41. The maximum atomic E-state index is 12.8. The third-order valence-electron chi connectivity index (χ3n) is 6.58. The summed E-state index contributed by atoms with van der Waals surface area (Å²) in [4.78, 5) is 18.8. The van der Waals surface area contributed by atoms with Crippen LogP contribution in [0.25, 0.3) is 0 Å². The number of carbonyl (C=O) groups excluding carboxylic acids is 1. The lowest BCUT2D eigenvalue weighted by Crippen LogP contribution is -2.37. The van der Waals surface area contributed by atoms with Crippen LogP contribution < -0.4 is 14.9 Å². The van der Waals surface area contributed by atoms with Gasteiger partial charge in [-0.25, -0.2) is 13.1 Å². The van der Waals surface area contributed by atoms with Crippen LogP contribution in [0.4, 0.5) is 11.4 Å². The Balaban J connectivity index is 1.30. The average molecular weight is 608 g/mol. The van der Waals surface area contributed by atoms with E-state index in [1.165, 1.54) is 0 Å². The average Bonchev–Trinajstić information content (AvgIpc) is 3.59. The number of oxime groups is 1. The number of halogens is 3. The number of carbonyl (C=O) groups is 1. The van der Waals surface area contributed by atoms with Crippen molar-refractivity contribution in [1.82, 2.24) is 4.72 Å². The molecule has 0 aromatic heterocycles. The molecular weight excluding hydrogens is 583 g/mol. The quantitative estimate of drug-likeness (QED) is 0.329. The molecular formula is C27H25Cl3N4O4S. The van der Waals surface area contributed by atoms with Crippen molar-refractivity contribution in [3.8, 4) is 0 Å². The molecule has 1 amide bonds. The van der Waals surface area contributed by atoms with Crippen molar-refractivity contribution in [3.05, 3.63) is 88.9 Å². The molecule has 0 aliphatic carbocycles. The van der Waals surface area contributed by atoms with E-state index in [-0.39, 0.29) is 17.0 Å². The Morgan fingerprint density at radius 2 is 1.82 bits per heavy atom. The summed E-state index contributed by atoms with van der Waals surface area (Å²) in [6.45, 7) is 1.14. The zero-order valence-electron chi connectivity index (χ0n) is 20.6. The van der Waals surface area contributed by atoms with Gasteiger partial charge in [-0.05, 0) is 48.4 Å². The number of nitrogens with zero attached hydrogens (tertiary/aromatic N) is 2. The molecule has 2 aliphatic rings. The van der Waals surface area contributed by atoms with Gasteiger partial charge in [-0.15, -0.1) is 0 Å². The molecule has 0 radical (unpaired) electrons. The standard InChI is InChI=1S/C27H25Cl3N4O4S/c28-21-10-5-11-23(34-13-12-19(16-34)33-39(36,37)20-8-2-1-3-9-20)25(21)22-15-24(38-32-22)17-6-4-7-18(14-17)31-27(35)26(29)30/h1-11,14,19,24,26,33H,12-13,15-16H2,(H,31,35)/t19-,24?/m1/s1. The molecule has 12 heteroatoms. The highest BCUT2D eigenvalue weighted by atomic mass is 35.5. The minimum Gasteiger partial charge on any atom is -0.387 e. The van der Waals surface area contributed by atoms with Crippen molar-refractivity contribution in [1.29, 1.82) is 0 Å². The van der Waals surface area contributed by atoms with Crippen molar-refractivity contribution in [2.45, 2.75) is 34.7 Å². The van der Waals surface area contributed by atoms with E-state index in [9.17, 15) is 13.2 Å². The number of benzene rings is 3. The van der Waals surface area contributed by atoms with Crippen molar-refractivity contribution in [2.75, 3.05) is 23.3 Å². The van der Waals surface area contributed by atoms with Crippen LogP contribution >= 0.6 is 34.8 Å². The molecule has 1 unspecified atom stereocenters. The Morgan fingerprint density at radius 3 is 2.59 bits per heavy atom. The molecule has 2 heterocycles. The molecule has 3 aromatic carbocycles. The van der Waals surface area contributed by atoms with Crippen LogP contribution in [-0.2, 0) is 19.7 Å². The van der Waals surface area contributed by atoms with E-state index in [0.717, 1.165) is 16.8 Å². The predicted octanol–water partition coefficient (Wildman–Crippen LogP) is 5.51. The fraction of sp³-hybridized carbons (Fsp3) is 0.259. The van der Waals surface area contributed by atoms with Gasteiger partial charge in [0.2, 0.25) is 10.0 Å². The van der Waals surface area contributed by atoms with E-state index >= 15 is 0 Å². The highest BCUT2D eigenvalue weighted by molar-refractivity contribution is 7.89. The normalized spacial score (nSPS) is 19.2. The Bertz CT molecular complexity index is 1500. The van der Waals surface area contributed by atoms with Gasteiger partial charge in [0, 0.05) is 42.5 Å². The first kappa shape index (κ1) is 27.7. The van der Waals surface area contributed by atoms with Crippen molar-refractivity contribution < 1.29 is 18.0 Å². The summed E-state index contributed by atoms with van der Waals surface area (Å²) >= 11 is 18.0. The van der Waals surface area contributed by atoms with Crippen LogP contribution in [0.15, 0.2) is 82.8 Å². The smallest absolute Gasteiger partial charge is 0.257 e. The van der Waals surface area contributed by atoms with Crippen LogP contribution in [0.2, 0.25) is 5.02 Å². The monoisotopic (exact) mass is 606 g/mol. The van der Waals surface area contributed by atoms with Crippen LogP contribution in [0.3, 0.4) is 0 Å². The molecule has 0 spiro atoms. The van der Waals surface area contributed by atoms with E-state index in [2.05, 4.69) is 20.1 Å². The molecule has 8 nitrogen and oxygen atoms in total. The summed E-state index contributed by atoms with van der Waals surface area (Å²) in [5.74, 6) is -0.518. The molecule has 2 N–H and O–H groups in total. The first-order chi connectivity index (χ1) is 18.7. The third kappa shape index (κ3) is 6.34. The van der Waals surface area contributed by atoms with E-state index in [1.54, 1.807) is 54.6 Å². The zero-order chi connectivity index (χ0) is 27.6. The summed E-state index contributed by atoms with van der Waals surface area (Å²) in [5.41, 5.74) is 3.66. The Kier molecular flexibility index (Phi) is 8.35. The van der Waals surface area contributed by atoms with Crippen LogP contribution in [0.5, 0.6) is 0 Å². The summed E-state index contributed by atoms with van der Waals surface area (Å²) in [7, 11) is -3.62. The van der Waals surface area contributed by atoms with Gasteiger partial charge in [-0.2, -0.15) is 0 Å². The molecule has 204 valence electrons. The highest BCUT2D eigenvalue weighted by Gasteiger charge is 2.32. The fourth-order valence-electron chi connectivity index (χ4n) is 4.74. The second-order valence-electron chi connectivity index (χ2n) is 9.25. The Labute approximate surface area is 241 Å². The number of sulfonamides is 1. The first-order valence-corrected chi connectivity index (χ1v) is 15.0. The topological polar surface area (TPSA) is 100 Å². The second-order valence-corrected chi connectivity index (χ2v) is 12.5. The zero-order valence-corrected chi connectivity index (χ0v) is 23.6. The molecule has 39 heavy (non-hydrogen) atoms. The van der Waals surface area contributed by atoms with Gasteiger partial charge < -0.3 is 15.1 Å². The molecule has 5 rings (SSSR count). The van der Waals surface area contributed by atoms with Gasteiger partial charge in [0.05, 0.1) is 15.6 Å². The minimum atomic E-state index is -3.62. The second kappa shape index (κ2) is 11.7. The summed E-state index contributed by atoms with van der Waals surface area (Å²) in [6, 6.07) is 20.9. The summed E-state index contributed by atoms with van der Waals surface area (Å²) in [6.07, 6.45) is 0.723. The predicted molar refractivity (Wildman–Crippen MR) is 154 cm³/mol. The lowest BCUT2D eigenvalue weighted by molar-refractivity contribution is -0.114. The van der Waals surface area contributed by atoms with Crippen molar-refractivity contribution in [3.63, 3.8) is 0 Å². The summed E-state index contributed by atoms with van der Waals surface area (Å²) < 4.78 is 28.5. The number of anilines is 2. The molecule has 0 bridgehead atoms. The minimum absolute atomic E-state index is 0.240. The lowest BCUT2D eigenvalue weighted by Gasteiger charge is -2.23. The highest BCUT2D eigenvalue weighted by Crippen LogP contribution is 2.37. The van der Waals surface area contributed by atoms with Crippen LogP contribution in [0, 0.1) is 0 Å². The van der Waals surface area contributed by atoms with Gasteiger partial charge in [-0.3, -0.25) is 4.79 Å². The number of rotatable bonds is 8. The van der Waals surface area contributed by atoms with Gasteiger partial charge in [0.25, 0.3) is 5.91 Å². The molecule has 1 fully saturated rings. The first-order valence-electron chi connectivity index (χ1n) is 12.2. The lowest BCUT2D eigenvalue weighted by atomic mass is 9.98. The van der Waals surface area contributed by atoms with E-state index in [4.69, 9.17) is 39.6 Å². The van der Waals surface area contributed by atoms with E-state index in [1.807, 2.05) is 18.2 Å². The van der Waals surface area contributed by atoms with Crippen LogP contribution in [-0.4, -0.2) is 44.0 Å². The maximum absolute atomic E-state index is 12.8. The molecule has 3 aromatic rings. The molecule has 2 atom stereocenters. The Morgan fingerprint density at radius 1 is 1.05 bits per heavy atom. The van der Waals surface area contributed by atoms with Crippen molar-refractivity contribution >= 4 is 67.8 Å². The summed E-state index contributed by atoms with van der Waals surface area (Å²) in [5, 5.41) is 7.55. The number of hydrogen-bond donors (Lipinski definition) is 2. The van der Waals surface area contributed by atoms with Gasteiger partial charge in [0.15, 0.2) is 10.9 Å². The molecule has 1 saturated heterocycles. The number of nitrogens with one attached hydrogen (secondary N) is 2.